The van der Waals surface area contributed by atoms with Crippen molar-refractivity contribution in [2.75, 3.05) is 6.54 Å². The van der Waals surface area contributed by atoms with E-state index < -0.39 is 0 Å². The molecule has 0 amide bonds. The summed E-state index contributed by atoms with van der Waals surface area (Å²) in [5.74, 6) is -0.254. The van der Waals surface area contributed by atoms with Crippen molar-refractivity contribution in [1.29, 1.82) is 0 Å². The molecule has 4 heterocycles. The van der Waals surface area contributed by atoms with Crippen LogP contribution >= 0.6 is 11.3 Å². The fourth-order valence-corrected chi connectivity index (χ4v) is 5.16. The minimum atomic E-state index is -0.254. The van der Waals surface area contributed by atoms with Gasteiger partial charge < -0.3 is 4.57 Å². The van der Waals surface area contributed by atoms with Gasteiger partial charge in [0, 0.05) is 55.9 Å². The van der Waals surface area contributed by atoms with Gasteiger partial charge in [-0.1, -0.05) is 6.07 Å². The third-order valence-corrected chi connectivity index (χ3v) is 6.85. The zero-order valence-corrected chi connectivity index (χ0v) is 18.1. The number of aromatic nitrogens is 3. The van der Waals surface area contributed by atoms with Crippen LogP contribution < -0.4 is 5.56 Å². The van der Waals surface area contributed by atoms with Gasteiger partial charge in [0.15, 0.2) is 4.96 Å². The van der Waals surface area contributed by atoms with Crippen molar-refractivity contribution >= 4 is 16.3 Å². The lowest BCUT2D eigenvalue weighted by atomic mass is 9.98. The molecule has 0 N–H and O–H groups in total. The van der Waals surface area contributed by atoms with E-state index in [4.69, 9.17) is 0 Å². The summed E-state index contributed by atoms with van der Waals surface area (Å²) in [5.41, 5.74) is 6.44. The van der Waals surface area contributed by atoms with E-state index in [0.717, 1.165) is 53.5 Å². The fraction of sp³-hybridized carbons (Fsp3) is 0.304. The lowest BCUT2D eigenvalue weighted by Crippen LogP contribution is -2.35. The van der Waals surface area contributed by atoms with Crippen LogP contribution in [0.5, 0.6) is 0 Å². The number of thiazole rings is 1. The average Bonchev–Trinajstić information content (AvgIpc) is 3.29. The lowest BCUT2D eigenvalue weighted by Gasteiger charge is -2.30. The predicted octanol–water partition coefficient (Wildman–Crippen LogP) is 4.08. The van der Waals surface area contributed by atoms with Gasteiger partial charge in [0.1, 0.15) is 5.82 Å². The van der Waals surface area contributed by atoms with E-state index in [0.29, 0.717) is 11.1 Å². The van der Waals surface area contributed by atoms with E-state index >= 15 is 0 Å². The third-order valence-electron chi connectivity index (χ3n) is 6.09. The Labute approximate surface area is 178 Å². The summed E-state index contributed by atoms with van der Waals surface area (Å²) in [4.78, 5) is 21.1. The third kappa shape index (κ3) is 3.09. The van der Waals surface area contributed by atoms with E-state index in [2.05, 4.69) is 32.8 Å². The van der Waals surface area contributed by atoms with Crippen LogP contribution in [0.2, 0.25) is 0 Å². The number of halogens is 1. The number of benzene rings is 1. The number of nitrogens with zero attached hydrogens (tertiary/aromatic N) is 4. The molecule has 1 aromatic carbocycles. The van der Waals surface area contributed by atoms with Crippen molar-refractivity contribution < 1.29 is 4.39 Å². The van der Waals surface area contributed by atoms with Crippen LogP contribution in [0.25, 0.3) is 16.1 Å². The second-order valence-electron chi connectivity index (χ2n) is 8.02. The van der Waals surface area contributed by atoms with E-state index in [-0.39, 0.29) is 11.4 Å². The van der Waals surface area contributed by atoms with E-state index in [1.165, 1.54) is 11.8 Å². The summed E-state index contributed by atoms with van der Waals surface area (Å²) in [6.45, 7) is 6.27. The fourth-order valence-electron chi connectivity index (χ4n) is 4.38. The monoisotopic (exact) mass is 422 g/mol. The Bertz CT molecular complexity index is 1330. The largest absolute Gasteiger partial charge is 0.315 e. The van der Waals surface area contributed by atoms with Gasteiger partial charge in [-0.2, -0.15) is 0 Å². The second kappa shape index (κ2) is 7.18. The summed E-state index contributed by atoms with van der Waals surface area (Å²) < 4.78 is 17.7. The number of aryl methyl sites for hydroxylation is 2. The maximum absolute atomic E-state index is 13.7. The Hall–Kier alpha value is -2.77. The molecule has 0 radical (unpaired) electrons. The number of hydrogen-bond acceptors (Lipinski definition) is 4. The van der Waals surface area contributed by atoms with E-state index in [1.54, 1.807) is 35.0 Å². The minimum absolute atomic E-state index is 0.0279. The van der Waals surface area contributed by atoms with Gasteiger partial charge in [-0.05, 0) is 48.7 Å². The molecule has 0 fully saturated rings. The normalized spacial score (nSPS) is 14.4. The Kier molecular flexibility index (Phi) is 4.60. The van der Waals surface area contributed by atoms with Crippen molar-refractivity contribution in [1.82, 2.24) is 18.9 Å². The van der Waals surface area contributed by atoms with Crippen LogP contribution in [0, 0.1) is 19.7 Å². The first-order valence-corrected chi connectivity index (χ1v) is 10.9. The average molecular weight is 423 g/mol. The first-order valence-electron chi connectivity index (χ1n) is 10.0. The molecule has 0 saturated carbocycles. The van der Waals surface area contributed by atoms with Gasteiger partial charge in [0.2, 0.25) is 0 Å². The minimum Gasteiger partial charge on any atom is -0.315 e. The molecule has 4 aromatic rings. The maximum atomic E-state index is 13.7. The van der Waals surface area contributed by atoms with Gasteiger partial charge in [-0.3, -0.25) is 14.1 Å². The number of rotatable bonds is 3. The summed E-state index contributed by atoms with van der Waals surface area (Å²) in [5, 5.41) is 2.06. The highest BCUT2D eigenvalue weighted by Crippen LogP contribution is 2.26. The summed E-state index contributed by atoms with van der Waals surface area (Å²) >= 11 is 1.65. The standard InChI is InChI=1S/C23H23FN4OS/c1-14-10-16(4-5-19(14)24)18-11-17-12-27(7-6-20(17)26(3)22(18)29)13-21-15(2)25-23-28(21)8-9-30-23/h4-5,8-11H,6-7,12-13H2,1-3H3. The highest BCUT2D eigenvalue weighted by Gasteiger charge is 2.23. The topological polar surface area (TPSA) is 42.5 Å². The number of imidazole rings is 1. The SMILES string of the molecule is Cc1cc(-c2cc3c(n(C)c2=O)CCN(Cc2c(C)nc4sccn24)C3)ccc1F. The van der Waals surface area contributed by atoms with Crippen LogP contribution in [0.1, 0.15) is 28.2 Å². The molecule has 0 spiro atoms. The van der Waals surface area contributed by atoms with E-state index in [1.807, 2.05) is 13.1 Å². The van der Waals surface area contributed by atoms with Gasteiger partial charge in [-0.15, -0.1) is 11.3 Å². The Balaban J connectivity index is 1.50. The van der Waals surface area contributed by atoms with Crippen LogP contribution in [-0.2, 0) is 26.6 Å². The molecule has 1 aliphatic rings. The first kappa shape index (κ1) is 19.2. The van der Waals surface area contributed by atoms with Gasteiger partial charge >= 0.3 is 0 Å². The molecule has 30 heavy (non-hydrogen) atoms. The molecule has 5 nitrogen and oxygen atoms in total. The first-order chi connectivity index (χ1) is 14.4. The van der Waals surface area contributed by atoms with Crippen LogP contribution in [0.3, 0.4) is 0 Å². The van der Waals surface area contributed by atoms with Gasteiger partial charge in [0.05, 0.1) is 11.4 Å². The number of pyridine rings is 1. The van der Waals surface area contributed by atoms with Crippen LogP contribution in [0.15, 0.2) is 40.6 Å². The van der Waals surface area contributed by atoms with Crippen molar-refractivity contribution in [3.63, 3.8) is 0 Å². The van der Waals surface area contributed by atoms with Crippen molar-refractivity contribution in [3.8, 4) is 11.1 Å². The van der Waals surface area contributed by atoms with Crippen molar-refractivity contribution in [2.24, 2.45) is 7.05 Å². The number of fused-ring (bicyclic) bond motifs is 2. The predicted molar refractivity (Wildman–Crippen MR) is 117 cm³/mol. The summed E-state index contributed by atoms with van der Waals surface area (Å²) in [6.07, 6.45) is 2.90. The lowest BCUT2D eigenvalue weighted by molar-refractivity contribution is 0.237. The van der Waals surface area contributed by atoms with Crippen LogP contribution in [-0.4, -0.2) is 25.4 Å². The molecule has 0 atom stereocenters. The summed E-state index contributed by atoms with van der Waals surface area (Å²) in [7, 11) is 1.84. The van der Waals surface area contributed by atoms with Gasteiger partial charge in [-0.25, -0.2) is 9.37 Å². The zero-order chi connectivity index (χ0) is 21.0. The highest BCUT2D eigenvalue weighted by atomic mass is 32.1. The Morgan fingerprint density at radius 3 is 2.87 bits per heavy atom. The maximum Gasteiger partial charge on any atom is 0.258 e. The molecule has 5 rings (SSSR count). The Morgan fingerprint density at radius 1 is 1.23 bits per heavy atom. The molecule has 0 unspecified atom stereocenters. The molecule has 0 bridgehead atoms. The molecule has 0 aliphatic carbocycles. The van der Waals surface area contributed by atoms with E-state index in [9.17, 15) is 9.18 Å². The molecule has 154 valence electrons. The van der Waals surface area contributed by atoms with Crippen LogP contribution in [0.4, 0.5) is 4.39 Å². The van der Waals surface area contributed by atoms with Gasteiger partial charge in [0.25, 0.3) is 5.56 Å². The molecule has 3 aromatic heterocycles. The highest BCUT2D eigenvalue weighted by molar-refractivity contribution is 7.15. The quantitative estimate of drug-likeness (QED) is 0.500. The molecule has 7 heteroatoms. The Morgan fingerprint density at radius 2 is 2.07 bits per heavy atom. The second-order valence-corrected chi connectivity index (χ2v) is 8.89. The molecular formula is C23H23FN4OS. The number of hydrogen-bond donors (Lipinski definition) is 0. The molecule has 0 saturated heterocycles. The molecular weight excluding hydrogens is 399 g/mol. The van der Waals surface area contributed by atoms with Crippen molar-refractivity contribution in [3.05, 3.63) is 80.2 Å². The zero-order valence-electron chi connectivity index (χ0n) is 17.3. The summed E-state index contributed by atoms with van der Waals surface area (Å²) in [6, 6.07) is 6.88. The van der Waals surface area contributed by atoms with Crippen molar-refractivity contribution in [2.45, 2.75) is 33.4 Å². The molecule has 1 aliphatic heterocycles. The smallest absolute Gasteiger partial charge is 0.258 e.